The second kappa shape index (κ2) is 11.0. The minimum absolute atomic E-state index is 0.118. The molecule has 2 fully saturated rings. The smallest absolute Gasteiger partial charge is 0.290 e. The van der Waals surface area contributed by atoms with E-state index in [9.17, 15) is 9.90 Å². The molecule has 184 valence electrons. The largest absolute Gasteiger partial charge is 0.483 e. The van der Waals surface area contributed by atoms with E-state index in [1.54, 1.807) is 0 Å². The van der Waals surface area contributed by atoms with Crippen molar-refractivity contribution in [2.75, 3.05) is 14.1 Å². The van der Waals surface area contributed by atoms with E-state index in [0.717, 1.165) is 36.8 Å². The van der Waals surface area contributed by atoms with Gasteiger partial charge >= 0.3 is 0 Å². The Balaban J connectivity index is 0.000000917. The van der Waals surface area contributed by atoms with Gasteiger partial charge in [-0.25, -0.2) is 0 Å². The Morgan fingerprint density at radius 1 is 1.00 bits per heavy atom. The molecule has 3 aromatic carbocycles. The van der Waals surface area contributed by atoms with Crippen LogP contribution in [0.25, 0.3) is 21.9 Å². The maximum atomic E-state index is 13.5. The number of nitrogens with zero attached hydrogens (tertiary/aromatic N) is 2. The Kier molecular flexibility index (Phi) is 7.83. The fraction of sp³-hybridized carbons (Fsp3) is 0.379. The van der Waals surface area contributed by atoms with Crippen molar-refractivity contribution in [2.45, 2.75) is 56.8 Å². The molecule has 0 radical (unpaired) electrons. The van der Waals surface area contributed by atoms with Crippen molar-refractivity contribution in [1.29, 1.82) is 0 Å². The number of rotatable bonds is 4. The van der Waals surface area contributed by atoms with Crippen LogP contribution >= 0.6 is 0 Å². The molecule has 6 heteroatoms. The molecule has 2 N–H and O–H groups in total. The van der Waals surface area contributed by atoms with Crippen molar-refractivity contribution in [3.8, 4) is 11.1 Å². The molecule has 1 amide bonds. The summed E-state index contributed by atoms with van der Waals surface area (Å²) in [4.78, 5) is 26.2. The molecule has 0 spiro atoms. The Morgan fingerprint density at radius 3 is 2.34 bits per heavy atom. The van der Waals surface area contributed by atoms with Crippen LogP contribution in [0.5, 0.6) is 0 Å². The number of carbonyl (C=O) groups is 2. The number of carbonyl (C=O) groups excluding carboxylic acids is 1. The number of fused-ring (bicyclic) bond motifs is 3. The van der Waals surface area contributed by atoms with Gasteiger partial charge < -0.3 is 20.0 Å². The quantitative estimate of drug-likeness (QED) is 0.532. The molecular formula is C29H34N2O4. The van der Waals surface area contributed by atoms with Gasteiger partial charge in [-0.3, -0.25) is 9.59 Å². The zero-order valence-corrected chi connectivity index (χ0v) is 20.4. The van der Waals surface area contributed by atoms with Crippen molar-refractivity contribution in [1.82, 2.24) is 9.80 Å². The zero-order chi connectivity index (χ0) is 24.9. The van der Waals surface area contributed by atoms with Crippen LogP contribution in [-0.2, 0) is 11.3 Å². The van der Waals surface area contributed by atoms with Crippen LogP contribution < -0.4 is 0 Å². The van der Waals surface area contributed by atoms with Gasteiger partial charge in [0.2, 0.25) is 0 Å². The molecular weight excluding hydrogens is 440 g/mol. The van der Waals surface area contributed by atoms with Gasteiger partial charge in [0, 0.05) is 24.2 Å². The summed E-state index contributed by atoms with van der Waals surface area (Å²) < 4.78 is 0. The highest BCUT2D eigenvalue weighted by Crippen LogP contribution is 2.36. The topological polar surface area (TPSA) is 81.1 Å². The second-order valence-electron chi connectivity index (χ2n) is 9.82. The molecule has 0 aliphatic carbocycles. The van der Waals surface area contributed by atoms with Crippen LogP contribution in [0.4, 0.5) is 0 Å². The van der Waals surface area contributed by atoms with Gasteiger partial charge in [0.1, 0.15) is 0 Å². The molecule has 2 heterocycles. The van der Waals surface area contributed by atoms with Gasteiger partial charge in [-0.15, -0.1) is 0 Å². The Hall–Kier alpha value is -3.22. The standard InChI is InChI=1S/C28H32N2O2.CH2O2/c1-29(2)18-21-7-3-4-11-25(21)27-12-5-8-19-15-20(13-14-26(19)27)28(32)30-22-9-6-10-23(30)17-24(31)16-22;2-1-3/h3-5,7-8,11-15,22-24,31H,6,9-10,16-18H2,1-2H3;1H,(H,2,3)/t22-,23+,24?;. The number of aliphatic hydroxyl groups excluding tert-OH is 1. The van der Waals surface area contributed by atoms with E-state index < -0.39 is 0 Å². The van der Waals surface area contributed by atoms with Crippen molar-refractivity contribution in [3.05, 3.63) is 71.8 Å². The van der Waals surface area contributed by atoms with E-state index in [1.165, 1.54) is 22.1 Å². The van der Waals surface area contributed by atoms with Gasteiger partial charge in [0.15, 0.2) is 0 Å². The number of hydrogen-bond acceptors (Lipinski definition) is 4. The maximum absolute atomic E-state index is 13.5. The summed E-state index contributed by atoms with van der Waals surface area (Å²) >= 11 is 0. The van der Waals surface area contributed by atoms with Gasteiger partial charge in [-0.05, 0) is 85.8 Å². The monoisotopic (exact) mass is 474 g/mol. The molecule has 6 nitrogen and oxygen atoms in total. The van der Waals surface area contributed by atoms with Gasteiger partial charge in [0.25, 0.3) is 12.4 Å². The van der Waals surface area contributed by atoms with E-state index >= 15 is 0 Å². The lowest BCUT2D eigenvalue weighted by atomic mass is 9.82. The molecule has 0 aromatic heterocycles. The summed E-state index contributed by atoms with van der Waals surface area (Å²) in [6.45, 7) is 0.632. The number of carboxylic acid groups (broad SMARTS) is 1. The number of piperidine rings is 2. The fourth-order valence-corrected chi connectivity index (χ4v) is 5.75. The highest BCUT2D eigenvalue weighted by atomic mass is 16.3. The van der Waals surface area contributed by atoms with Crippen LogP contribution in [0.15, 0.2) is 60.7 Å². The van der Waals surface area contributed by atoms with Crippen LogP contribution in [-0.4, -0.2) is 64.7 Å². The number of aliphatic hydroxyl groups is 1. The van der Waals surface area contributed by atoms with Crippen LogP contribution in [0.2, 0.25) is 0 Å². The normalized spacial score (nSPS) is 21.4. The van der Waals surface area contributed by atoms with Crippen LogP contribution in [0, 0.1) is 0 Å². The summed E-state index contributed by atoms with van der Waals surface area (Å²) in [7, 11) is 4.18. The lowest BCUT2D eigenvalue weighted by Crippen LogP contribution is -2.55. The van der Waals surface area contributed by atoms with Gasteiger partial charge in [-0.2, -0.15) is 0 Å². The minimum atomic E-state index is -0.268. The molecule has 2 saturated heterocycles. The van der Waals surface area contributed by atoms with Crippen molar-refractivity contribution >= 4 is 23.2 Å². The predicted octanol–water partition coefficient (Wildman–Crippen LogP) is 4.79. The first kappa shape index (κ1) is 24.9. The average Bonchev–Trinajstić information content (AvgIpc) is 2.83. The highest BCUT2D eigenvalue weighted by molar-refractivity contribution is 6.03. The SMILES string of the molecule is CN(C)Cc1ccccc1-c1cccc2cc(C(=O)N3[C@@H]4CCC[C@H]3CC(O)C4)ccc12.O=CO. The molecule has 3 aromatic rings. The third kappa shape index (κ3) is 5.39. The highest BCUT2D eigenvalue weighted by Gasteiger charge is 2.40. The first-order valence-electron chi connectivity index (χ1n) is 12.3. The van der Waals surface area contributed by atoms with E-state index in [4.69, 9.17) is 9.90 Å². The lowest BCUT2D eigenvalue weighted by molar-refractivity contribution is -0.122. The summed E-state index contributed by atoms with van der Waals surface area (Å²) in [5.74, 6) is 0.118. The zero-order valence-electron chi connectivity index (χ0n) is 20.4. The van der Waals surface area contributed by atoms with Crippen LogP contribution in [0.1, 0.15) is 48.0 Å². The molecule has 0 saturated carbocycles. The summed E-state index contributed by atoms with van der Waals surface area (Å²) in [5, 5.41) is 19.4. The van der Waals surface area contributed by atoms with E-state index in [0.29, 0.717) is 12.8 Å². The fourth-order valence-electron chi connectivity index (χ4n) is 5.75. The molecule has 2 aliphatic heterocycles. The molecule has 1 unspecified atom stereocenters. The summed E-state index contributed by atoms with van der Waals surface area (Å²) in [6.07, 6.45) is 4.31. The minimum Gasteiger partial charge on any atom is -0.483 e. The van der Waals surface area contributed by atoms with Crippen LogP contribution in [0.3, 0.4) is 0 Å². The lowest BCUT2D eigenvalue weighted by Gasteiger charge is -2.47. The second-order valence-corrected chi connectivity index (χ2v) is 9.82. The average molecular weight is 475 g/mol. The van der Waals surface area contributed by atoms with Crippen molar-refractivity contribution in [2.24, 2.45) is 0 Å². The summed E-state index contributed by atoms with van der Waals surface area (Å²) in [5.41, 5.74) is 4.50. The predicted molar refractivity (Wildman–Crippen MR) is 138 cm³/mol. The number of amides is 1. The molecule has 5 rings (SSSR count). The first-order chi connectivity index (χ1) is 16.9. The van der Waals surface area contributed by atoms with E-state index in [1.807, 2.05) is 6.07 Å². The Labute approximate surface area is 206 Å². The molecule has 3 atom stereocenters. The van der Waals surface area contributed by atoms with Gasteiger partial charge in [-0.1, -0.05) is 48.5 Å². The molecule has 2 aliphatic rings. The third-order valence-electron chi connectivity index (χ3n) is 7.11. The first-order valence-corrected chi connectivity index (χ1v) is 12.3. The van der Waals surface area contributed by atoms with E-state index in [-0.39, 0.29) is 30.6 Å². The molecule has 2 bridgehead atoms. The van der Waals surface area contributed by atoms with Crippen molar-refractivity contribution in [3.63, 3.8) is 0 Å². The summed E-state index contributed by atoms with van der Waals surface area (Å²) in [6, 6.07) is 21.4. The Bertz CT molecular complexity index is 1180. The number of hydrogen-bond donors (Lipinski definition) is 2. The van der Waals surface area contributed by atoms with Gasteiger partial charge in [0.05, 0.1) is 6.10 Å². The molecule has 35 heavy (non-hydrogen) atoms. The maximum Gasteiger partial charge on any atom is 0.290 e. The third-order valence-corrected chi connectivity index (χ3v) is 7.11. The van der Waals surface area contributed by atoms with Crippen molar-refractivity contribution < 1.29 is 19.8 Å². The van der Waals surface area contributed by atoms with E-state index in [2.05, 4.69) is 78.5 Å². The number of benzene rings is 3. The Morgan fingerprint density at radius 2 is 1.66 bits per heavy atom.